The summed E-state index contributed by atoms with van der Waals surface area (Å²) in [4.78, 5) is 27.0. The Kier molecular flexibility index (Phi) is 6.47. The number of nitrogens with zero attached hydrogens (tertiary/aromatic N) is 4. The zero-order chi connectivity index (χ0) is 20.9. The molecule has 0 bridgehead atoms. The zero-order valence-corrected chi connectivity index (χ0v) is 16.8. The van der Waals surface area contributed by atoms with Gasteiger partial charge < -0.3 is 19.0 Å². The van der Waals surface area contributed by atoms with Crippen LogP contribution in [0.25, 0.3) is 0 Å². The molecule has 1 fully saturated rings. The Hall–Kier alpha value is -2.95. The predicted octanol–water partition coefficient (Wildman–Crippen LogP) is 0.735. The lowest BCUT2D eigenvalue weighted by molar-refractivity contribution is -0.130. The Balaban J connectivity index is 1.57. The third-order valence-corrected chi connectivity index (χ3v) is 5.71. The van der Waals surface area contributed by atoms with Crippen LogP contribution in [-0.4, -0.2) is 79.0 Å². The van der Waals surface area contributed by atoms with Gasteiger partial charge in [0.1, 0.15) is 5.75 Å². The van der Waals surface area contributed by atoms with E-state index in [4.69, 9.17) is 9.15 Å². The smallest absolute Gasteiger partial charge is 0.409 e. The van der Waals surface area contributed by atoms with Gasteiger partial charge in [0.05, 0.1) is 13.0 Å². The highest BCUT2D eigenvalue weighted by Crippen LogP contribution is 2.14. The number of hydrogen-bond donors (Lipinski definition) is 0. The molecular weight excluding hydrogens is 400 g/mol. The monoisotopic (exact) mass is 422 g/mol. The number of amides is 2. The first-order valence-electron chi connectivity index (χ1n) is 9.17. The van der Waals surface area contributed by atoms with Crippen molar-refractivity contribution in [1.82, 2.24) is 20.0 Å². The molecule has 1 aliphatic heterocycles. The van der Waals surface area contributed by atoms with Crippen LogP contribution < -0.4 is 0 Å². The molecule has 10 nitrogen and oxygen atoms in total. The minimum Gasteiger partial charge on any atom is -0.450 e. The second-order valence-electron chi connectivity index (χ2n) is 6.45. The number of benzene rings is 1. The van der Waals surface area contributed by atoms with Gasteiger partial charge in [0, 0.05) is 26.2 Å². The average molecular weight is 422 g/mol. The standard InChI is InChI=1S/C18H22N4O6S/c1-2-27-18(24)22-10-8-21(9-11-22)16(23)13-29(25,26)17-20-19-15(28-17)12-14-6-4-3-5-7-14/h3-7H,2,8-13H2,1H3. The maximum absolute atomic E-state index is 12.5. The van der Waals surface area contributed by atoms with E-state index < -0.39 is 32.8 Å². The molecule has 0 saturated carbocycles. The fourth-order valence-electron chi connectivity index (χ4n) is 2.87. The summed E-state index contributed by atoms with van der Waals surface area (Å²) in [5, 5.41) is 6.79. The molecule has 156 valence electrons. The molecule has 1 aliphatic rings. The van der Waals surface area contributed by atoms with Gasteiger partial charge in [-0.25, -0.2) is 13.2 Å². The van der Waals surface area contributed by atoms with Crippen molar-refractivity contribution in [1.29, 1.82) is 0 Å². The highest BCUT2D eigenvalue weighted by atomic mass is 32.2. The van der Waals surface area contributed by atoms with E-state index in [0.29, 0.717) is 6.42 Å². The summed E-state index contributed by atoms with van der Waals surface area (Å²) in [6.45, 7) is 3.02. The maximum Gasteiger partial charge on any atom is 0.409 e. The molecule has 3 rings (SSSR count). The molecule has 1 saturated heterocycles. The molecule has 0 radical (unpaired) electrons. The Morgan fingerprint density at radius 1 is 1.07 bits per heavy atom. The largest absolute Gasteiger partial charge is 0.450 e. The van der Waals surface area contributed by atoms with Crippen LogP contribution in [0.5, 0.6) is 0 Å². The molecule has 11 heteroatoms. The van der Waals surface area contributed by atoms with Crippen LogP contribution in [0.15, 0.2) is 40.0 Å². The molecule has 0 unspecified atom stereocenters. The van der Waals surface area contributed by atoms with Gasteiger partial charge in [0.25, 0.3) is 0 Å². The lowest BCUT2D eigenvalue weighted by Gasteiger charge is -2.33. The molecule has 0 N–H and O–H groups in total. The second kappa shape index (κ2) is 9.03. The summed E-state index contributed by atoms with van der Waals surface area (Å²) in [5.41, 5.74) is 0.899. The number of piperazine rings is 1. The molecule has 29 heavy (non-hydrogen) atoms. The highest BCUT2D eigenvalue weighted by Gasteiger charge is 2.31. The van der Waals surface area contributed by atoms with E-state index in [1.807, 2.05) is 30.3 Å². The first kappa shape index (κ1) is 20.8. The van der Waals surface area contributed by atoms with Crippen molar-refractivity contribution in [2.24, 2.45) is 0 Å². The molecule has 0 atom stereocenters. The average Bonchev–Trinajstić information content (AvgIpc) is 3.18. The molecule has 2 amide bonds. The number of aromatic nitrogens is 2. The number of carbonyl (C=O) groups is 2. The van der Waals surface area contributed by atoms with Gasteiger partial charge in [-0.2, -0.15) is 0 Å². The van der Waals surface area contributed by atoms with Crippen molar-refractivity contribution in [3.63, 3.8) is 0 Å². The Labute approximate surface area is 168 Å². The van der Waals surface area contributed by atoms with E-state index in [1.54, 1.807) is 6.92 Å². The van der Waals surface area contributed by atoms with Crippen molar-refractivity contribution in [3.05, 3.63) is 41.8 Å². The first-order valence-corrected chi connectivity index (χ1v) is 10.8. The van der Waals surface area contributed by atoms with Crippen LogP contribution in [-0.2, 0) is 25.8 Å². The van der Waals surface area contributed by atoms with Crippen LogP contribution in [0, 0.1) is 0 Å². The summed E-state index contributed by atoms with van der Waals surface area (Å²) in [6.07, 6.45) is -0.142. The van der Waals surface area contributed by atoms with Crippen LogP contribution in [0.1, 0.15) is 18.4 Å². The SMILES string of the molecule is CCOC(=O)N1CCN(C(=O)CS(=O)(=O)c2nnc(Cc3ccccc3)o2)CC1. The lowest BCUT2D eigenvalue weighted by atomic mass is 10.2. The number of carbonyl (C=O) groups excluding carboxylic acids is 2. The predicted molar refractivity (Wildman–Crippen MR) is 101 cm³/mol. The van der Waals surface area contributed by atoms with Gasteiger partial charge in [0.2, 0.25) is 21.6 Å². The van der Waals surface area contributed by atoms with Gasteiger partial charge in [-0.1, -0.05) is 35.4 Å². The molecule has 2 heterocycles. The van der Waals surface area contributed by atoms with Gasteiger partial charge in [-0.05, 0) is 12.5 Å². The topological polar surface area (TPSA) is 123 Å². The lowest BCUT2D eigenvalue weighted by Crippen LogP contribution is -2.51. The fraction of sp³-hybridized carbons (Fsp3) is 0.444. The number of sulfone groups is 1. The van der Waals surface area contributed by atoms with Crippen molar-refractivity contribution < 1.29 is 27.2 Å². The normalized spacial score (nSPS) is 14.7. The van der Waals surface area contributed by atoms with Crippen molar-refractivity contribution in [2.45, 2.75) is 18.6 Å². The quantitative estimate of drug-likeness (QED) is 0.668. The van der Waals surface area contributed by atoms with E-state index in [0.717, 1.165) is 5.56 Å². The van der Waals surface area contributed by atoms with Gasteiger partial charge in [-0.15, -0.1) is 5.10 Å². The fourth-order valence-corrected chi connectivity index (χ4v) is 3.89. The highest BCUT2D eigenvalue weighted by molar-refractivity contribution is 7.91. The van der Waals surface area contributed by atoms with Gasteiger partial charge in [-0.3, -0.25) is 4.79 Å². The van der Waals surface area contributed by atoms with E-state index in [9.17, 15) is 18.0 Å². The van der Waals surface area contributed by atoms with Crippen molar-refractivity contribution in [3.8, 4) is 0 Å². The first-order chi connectivity index (χ1) is 13.9. The Bertz CT molecular complexity index is 952. The molecule has 1 aromatic carbocycles. The summed E-state index contributed by atoms with van der Waals surface area (Å²) in [5.74, 6) is -1.18. The van der Waals surface area contributed by atoms with E-state index in [2.05, 4.69) is 10.2 Å². The third-order valence-electron chi connectivity index (χ3n) is 4.38. The summed E-state index contributed by atoms with van der Waals surface area (Å²) in [6, 6.07) is 9.29. The van der Waals surface area contributed by atoms with Crippen LogP contribution in [0.3, 0.4) is 0 Å². The number of rotatable bonds is 6. The molecular formula is C18H22N4O6S. The van der Waals surface area contributed by atoms with Gasteiger partial charge in [0.15, 0.2) is 0 Å². The van der Waals surface area contributed by atoms with Crippen molar-refractivity contribution in [2.75, 3.05) is 38.5 Å². The molecule has 1 aromatic heterocycles. The van der Waals surface area contributed by atoms with E-state index >= 15 is 0 Å². The molecule has 2 aromatic rings. The number of hydrogen-bond acceptors (Lipinski definition) is 8. The second-order valence-corrected chi connectivity index (χ2v) is 8.32. The van der Waals surface area contributed by atoms with Crippen molar-refractivity contribution >= 4 is 21.8 Å². The van der Waals surface area contributed by atoms with Crippen LogP contribution >= 0.6 is 0 Å². The summed E-state index contributed by atoms with van der Waals surface area (Å²) in [7, 11) is -4.06. The van der Waals surface area contributed by atoms with E-state index in [-0.39, 0.29) is 38.7 Å². The summed E-state index contributed by atoms with van der Waals surface area (Å²) < 4.78 is 35.1. The minimum atomic E-state index is -4.06. The van der Waals surface area contributed by atoms with E-state index in [1.165, 1.54) is 9.80 Å². The van der Waals surface area contributed by atoms with Gasteiger partial charge >= 0.3 is 11.3 Å². The molecule has 0 aliphatic carbocycles. The molecule has 0 spiro atoms. The van der Waals surface area contributed by atoms with Crippen LogP contribution in [0.4, 0.5) is 4.79 Å². The summed E-state index contributed by atoms with van der Waals surface area (Å²) >= 11 is 0. The minimum absolute atomic E-state index is 0.158. The zero-order valence-electron chi connectivity index (χ0n) is 16.0. The Morgan fingerprint density at radius 3 is 2.38 bits per heavy atom. The Morgan fingerprint density at radius 2 is 1.72 bits per heavy atom. The third kappa shape index (κ3) is 5.31. The number of ether oxygens (including phenoxy) is 1. The maximum atomic E-state index is 12.5. The van der Waals surface area contributed by atoms with Crippen LogP contribution in [0.2, 0.25) is 0 Å².